The minimum atomic E-state index is -0.347. The number of hydrogen-bond donors (Lipinski definition) is 1. The Balaban J connectivity index is 1.75. The molecule has 1 saturated heterocycles. The van der Waals surface area contributed by atoms with E-state index in [1.54, 1.807) is 4.90 Å². The van der Waals surface area contributed by atoms with Gasteiger partial charge in [-0.25, -0.2) is 14.8 Å². The van der Waals surface area contributed by atoms with Crippen LogP contribution in [0.2, 0.25) is 0 Å². The molecule has 102 valence electrons. The Morgan fingerprint density at radius 1 is 1.32 bits per heavy atom. The summed E-state index contributed by atoms with van der Waals surface area (Å²) in [5.74, 6) is 2.41. The fraction of sp³-hybridized carbons (Fsp3) is 0.583. The first kappa shape index (κ1) is 12.7. The molecule has 0 radical (unpaired) electrons. The topological polar surface area (TPSA) is 75.4 Å². The average Bonchev–Trinajstić information content (AvgIpc) is 3.24. The van der Waals surface area contributed by atoms with Crippen LogP contribution in [0.3, 0.4) is 0 Å². The number of carbonyl (C=O) groups is 1. The molecule has 19 heavy (non-hydrogen) atoms. The van der Waals surface area contributed by atoms with Crippen molar-refractivity contribution in [2.24, 2.45) is 5.73 Å². The van der Waals surface area contributed by atoms with E-state index in [1.165, 1.54) is 12.8 Å². The molecule has 1 saturated carbocycles. The summed E-state index contributed by atoms with van der Waals surface area (Å²) in [6, 6.07) is -0.347. The standard InChI is InChI=1S/C12H16BrN5O/c13-9-7-15-10(8-1-2-8)16-11(9)17-3-5-18(6-4-17)12(14)19/h7-8H,1-6H2,(H2,14,19). The van der Waals surface area contributed by atoms with Gasteiger partial charge >= 0.3 is 6.03 Å². The third-order valence-electron chi connectivity index (χ3n) is 3.58. The monoisotopic (exact) mass is 325 g/mol. The van der Waals surface area contributed by atoms with E-state index in [0.29, 0.717) is 19.0 Å². The largest absolute Gasteiger partial charge is 0.352 e. The van der Waals surface area contributed by atoms with Gasteiger partial charge in [-0.1, -0.05) is 0 Å². The van der Waals surface area contributed by atoms with Gasteiger partial charge in [0.25, 0.3) is 0 Å². The Labute approximate surface area is 120 Å². The third kappa shape index (κ3) is 2.65. The molecule has 0 atom stereocenters. The van der Waals surface area contributed by atoms with Crippen LogP contribution in [0.15, 0.2) is 10.7 Å². The van der Waals surface area contributed by atoms with Crippen LogP contribution >= 0.6 is 15.9 Å². The molecule has 1 aliphatic carbocycles. The van der Waals surface area contributed by atoms with E-state index in [2.05, 4.69) is 30.8 Å². The minimum absolute atomic E-state index is 0.347. The SMILES string of the molecule is NC(=O)N1CCN(c2nc(C3CC3)ncc2Br)CC1. The molecule has 2 N–H and O–H groups in total. The summed E-state index contributed by atoms with van der Waals surface area (Å²) in [4.78, 5) is 24.0. The predicted molar refractivity (Wildman–Crippen MR) is 75.1 cm³/mol. The second kappa shape index (κ2) is 4.96. The van der Waals surface area contributed by atoms with Crippen LogP contribution in [-0.4, -0.2) is 47.1 Å². The van der Waals surface area contributed by atoms with Crippen molar-refractivity contribution in [1.82, 2.24) is 14.9 Å². The van der Waals surface area contributed by atoms with Gasteiger partial charge in [0.05, 0.1) is 4.47 Å². The maximum Gasteiger partial charge on any atom is 0.314 e. The average molecular weight is 326 g/mol. The van der Waals surface area contributed by atoms with Gasteiger partial charge in [0.2, 0.25) is 0 Å². The molecule has 1 aliphatic heterocycles. The van der Waals surface area contributed by atoms with Crippen molar-refractivity contribution in [3.63, 3.8) is 0 Å². The second-order valence-corrected chi connectivity index (χ2v) is 5.84. The summed E-state index contributed by atoms with van der Waals surface area (Å²) < 4.78 is 0.907. The van der Waals surface area contributed by atoms with Gasteiger partial charge in [0.1, 0.15) is 11.6 Å². The lowest BCUT2D eigenvalue weighted by Crippen LogP contribution is -2.50. The lowest BCUT2D eigenvalue weighted by molar-refractivity contribution is 0.204. The first-order valence-electron chi connectivity index (χ1n) is 6.47. The van der Waals surface area contributed by atoms with Gasteiger partial charge < -0.3 is 15.5 Å². The van der Waals surface area contributed by atoms with Crippen molar-refractivity contribution in [3.8, 4) is 0 Å². The van der Waals surface area contributed by atoms with Crippen molar-refractivity contribution >= 4 is 27.8 Å². The molecule has 2 fully saturated rings. The number of piperazine rings is 1. The molecule has 6 nitrogen and oxygen atoms in total. The molecular weight excluding hydrogens is 310 g/mol. The highest BCUT2D eigenvalue weighted by Crippen LogP contribution is 2.39. The number of nitrogens with zero attached hydrogens (tertiary/aromatic N) is 4. The number of rotatable bonds is 2. The van der Waals surface area contributed by atoms with Crippen LogP contribution in [0.1, 0.15) is 24.6 Å². The number of aromatic nitrogens is 2. The molecule has 0 aromatic carbocycles. The zero-order valence-electron chi connectivity index (χ0n) is 10.5. The second-order valence-electron chi connectivity index (χ2n) is 4.99. The minimum Gasteiger partial charge on any atom is -0.352 e. The number of primary amides is 1. The zero-order valence-corrected chi connectivity index (χ0v) is 12.1. The Hall–Kier alpha value is -1.37. The Bertz CT molecular complexity index is 497. The van der Waals surface area contributed by atoms with Crippen LogP contribution < -0.4 is 10.6 Å². The van der Waals surface area contributed by atoms with E-state index in [9.17, 15) is 4.79 Å². The van der Waals surface area contributed by atoms with Crippen LogP contribution in [0, 0.1) is 0 Å². The fourth-order valence-corrected chi connectivity index (χ4v) is 2.71. The van der Waals surface area contributed by atoms with Crippen molar-refractivity contribution in [1.29, 1.82) is 0 Å². The van der Waals surface area contributed by atoms with E-state index in [1.807, 2.05) is 6.20 Å². The summed E-state index contributed by atoms with van der Waals surface area (Å²) in [6.07, 6.45) is 4.21. The van der Waals surface area contributed by atoms with E-state index in [-0.39, 0.29) is 6.03 Å². The fourth-order valence-electron chi connectivity index (χ4n) is 2.27. The summed E-state index contributed by atoms with van der Waals surface area (Å²) in [6.45, 7) is 2.79. The quantitative estimate of drug-likeness (QED) is 0.889. The molecule has 0 bridgehead atoms. The highest BCUT2D eigenvalue weighted by molar-refractivity contribution is 9.10. The van der Waals surface area contributed by atoms with Gasteiger partial charge in [-0.3, -0.25) is 0 Å². The molecule has 2 heterocycles. The van der Waals surface area contributed by atoms with E-state index < -0.39 is 0 Å². The lowest BCUT2D eigenvalue weighted by atomic mass is 10.3. The molecule has 1 aromatic heterocycles. The van der Waals surface area contributed by atoms with Gasteiger partial charge in [0.15, 0.2) is 0 Å². The normalized spacial score (nSPS) is 19.6. The van der Waals surface area contributed by atoms with Crippen LogP contribution in [0.4, 0.5) is 10.6 Å². The Morgan fingerprint density at radius 3 is 2.58 bits per heavy atom. The third-order valence-corrected chi connectivity index (χ3v) is 4.14. The molecule has 2 amide bonds. The number of nitrogens with two attached hydrogens (primary N) is 1. The van der Waals surface area contributed by atoms with Gasteiger partial charge in [0, 0.05) is 38.3 Å². The first-order chi connectivity index (χ1) is 9.15. The number of hydrogen-bond acceptors (Lipinski definition) is 4. The van der Waals surface area contributed by atoms with Crippen LogP contribution in [0.25, 0.3) is 0 Å². The predicted octanol–water partition coefficient (Wildman–Crippen LogP) is 1.32. The zero-order chi connectivity index (χ0) is 13.4. The maximum atomic E-state index is 11.1. The molecule has 7 heteroatoms. The van der Waals surface area contributed by atoms with E-state index in [0.717, 1.165) is 29.2 Å². The number of halogens is 1. The first-order valence-corrected chi connectivity index (χ1v) is 7.26. The van der Waals surface area contributed by atoms with Crippen molar-refractivity contribution < 1.29 is 4.79 Å². The van der Waals surface area contributed by atoms with E-state index >= 15 is 0 Å². The number of anilines is 1. The smallest absolute Gasteiger partial charge is 0.314 e. The van der Waals surface area contributed by atoms with Crippen molar-refractivity contribution in [2.75, 3.05) is 31.1 Å². The van der Waals surface area contributed by atoms with Crippen molar-refractivity contribution in [3.05, 3.63) is 16.5 Å². The van der Waals surface area contributed by atoms with Gasteiger partial charge in [-0.15, -0.1) is 0 Å². The van der Waals surface area contributed by atoms with Crippen molar-refractivity contribution in [2.45, 2.75) is 18.8 Å². The molecule has 3 rings (SSSR count). The molecule has 0 spiro atoms. The Morgan fingerprint density at radius 2 is 2.00 bits per heavy atom. The highest BCUT2D eigenvalue weighted by Gasteiger charge is 2.28. The van der Waals surface area contributed by atoms with Crippen LogP contribution in [-0.2, 0) is 0 Å². The molecular formula is C12H16BrN5O. The maximum absolute atomic E-state index is 11.1. The number of urea groups is 1. The van der Waals surface area contributed by atoms with Gasteiger partial charge in [-0.2, -0.15) is 0 Å². The number of amides is 2. The Kier molecular flexibility index (Phi) is 3.30. The molecule has 2 aliphatic rings. The summed E-state index contributed by atoms with van der Waals surface area (Å²) in [7, 11) is 0. The number of carbonyl (C=O) groups excluding carboxylic acids is 1. The summed E-state index contributed by atoms with van der Waals surface area (Å²) in [5, 5.41) is 0. The van der Waals surface area contributed by atoms with E-state index in [4.69, 9.17) is 5.73 Å². The van der Waals surface area contributed by atoms with Crippen LogP contribution in [0.5, 0.6) is 0 Å². The highest BCUT2D eigenvalue weighted by atomic mass is 79.9. The van der Waals surface area contributed by atoms with Gasteiger partial charge in [-0.05, 0) is 28.8 Å². The molecule has 0 unspecified atom stereocenters. The molecule has 1 aromatic rings. The summed E-state index contributed by atoms with van der Waals surface area (Å²) >= 11 is 3.51. The lowest BCUT2D eigenvalue weighted by Gasteiger charge is -2.34. The summed E-state index contributed by atoms with van der Waals surface area (Å²) in [5.41, 5.74) is 5.29.